The fourth-order valence-electron chi connectivity index (χ4n) is 1.78. The van der Waals surface area contributed by atoms with Crippen LogP contribution in [0.2, 0.25) is 5.02 Å². The van der Waals surface area contributed by atoms with Crippen LogP contribution in [0, 0.1) is 0 Å². The molecule has 1 fully saturated rings. The zero-order chi connectivity index (χ0) is 13.0. The maximum atomic E-state index is 11.6. The van der Waals surface area contributed by atoms with Crippen molar-refractivity contribution in [2.24, 2.45) is 0 Å². The first-order valence-electron chi connectivity index (χ1n) is 5.73. The van der Waals surface area contributed by atoms with Crippen LogP contribution in [0.5, 0.6) is 5.75 Å². The van der Waals surface area contributed by atoms with E-state index in [2.05, 4.69) is 26.6 Å². The molecule has 1 unspecified atom stereocenters. The van der Waals surface area contributed by atoms with E-state index in [1.807, 2.05) is 6.07 Å². The minimum atomic E-state index is -0.123. The molecule has 1 amide bonds. The lowest BCUT2D eigenvalue weighted by Crippen LogP contribution is -2.39. The Morgan fingerprint density at radius 1 is 1.61 bits per heavy atom. The normalized spacial score (nSPS) is 18.7. The van der Waals surface area contributed by atoms with Gasteiger partial charge in [-0.15, -0.1) is 0 Å². The Labute approximate surface area is 119 Å². The van der Waals surface area contributed by atoms with Crippen molar-refractivity contribution in [3.63, 3.8) is 0 Å². The molecule has 0 radical (unpaired) electrons. The predicted molar refractivity (Wildman–Crippen MR) is 74.1 cm³/mol. The van der Waals surface area contributed by atoms with Gasteiger partial charge >= 0.3 is 0 Å². The summed E-state index contributed by atoms with van der Waals surface area (Å²) in [7, 11) is 0. The minimum Gasteiger partial charge on any atom is -0.482 e. The number of carbonyl (C=O) groups excluding carboxylic acids is 1. The molecule has 1 aliphatic heterocycles. The molecule has 98 valence electrons. The largest absolute Gasteiger partial charge is 0.482 e. The number of hydrogen-bond donors (Lipinski definition) is 2. The van der Waals surface area contributed by atoms with E-state index >= 15 is 0 Å². The SMILES string of the molecule is O=C(COc1ccc(Br)cc1Cl)NC1CCNC1. The summed E-state index contributed by atoms with van der Waals surface area (Å²) in [6.07, 6.45) is 0.963. The van der Waals surface area contributed by atoms with Gasteiger partial charge < -0.3 is 15.4 Å². The molecule has 1 aromatic carbocycles. The highest BCUT2D eigenvalue weighted by Gasteiger charge is 2.16. The van der Waals surface area contributed by atoms with Gasteiger partial charge in [-0.05, 0) is 31.2 Å². The molecule has 0 bridgehead atoms. The second kappa shape index (κ2) is 6.41. The quantitative estimate of drug-likeness (QED) is 0.885. The lowest BCUT2D eigenvalue weighted by atomic mass is 10.2. The van der Waals surface area contributed by atoms with Gasteiger partial charge in [0.15, 0.2) is 6.61 Å². The molecule has 1 aromatic rings. The minimum absolute atomic E-state index is 0.0160. The van der Waals surface area contributed by atoms with Crippen LogP contribution in [0.25, 0.3) is 0 Å². The van der Waals surface area contributed by atoms with Gasteiger partial charge in [0.05, 0.1) is 5.02 Å². The van der Waals surface area contributed by atoms with Crippen molar-refractivity contribution in [1.29, 1.82) is 0 Å². The van der Waals surface area contributed by atoms with Crippen molar-refractivity contribution < 1.29 is 9.53 Å². The van der Waals surface area contributed by atoms with E-state index in [4.69, 9.17) is 16.3 Å². The molecule has 2 N–H and O–H groups in total. The molecular weight excluding hydrogens is 320 g/mol. The average Bonchev–Trinajstić information content (AvgIpc) is 2.80. The third kappa shape index (κ3) is 3.86. The maximum Gasteiger partial charge on any atom is 0.258 e. The van der Waals surface area contributed by atoms with E-state index < -0.39 is 0 Å². The molecule has 2 rings (SSSR count). The third-order valence-corrected chi connectivity index (χ3v) is 3.47. The van der Waals surface area contributed by atoms with Crippen LogP contribution in [-0.2, 0) is 4.79 Å². The van der Waals surface area contributed by atoms with Gasteiger partial charge in [0.2, 0.25) is 0 Å². The van der Waals surface area contributed by atoms with Gasteiger partial charge in [0, 0.05) is 17.1 Å². The molecule has 0 aromatic heterocycles. The number of rotatable bonds is 4. The van der Waals surface area contributed by atoms with Crippen LogP contribution < -0.4 is 15.4 Å². The maximum absolute atomic E-state index is 11.6. The molecule has 4 nitrogen and oxygen atoms in total. The van der Waals surface area contributed by atoms with Crippen LogP contribution in [-0.4, -0.2) is 31.6 Å². The number of hydrogen-bond acceptors (Lipinski definition) is 3. The molecule has 0 aliphatic carbocycles. The van der Waals surface area contributed by atoms with E-state index in [-0.39, 0.29) is 18.6 Å². The predicted octanol–water partition coefficient (Wildman–Crippen LogP) is 1.96. The highest BCUT2D eigenvalue weighted by Crippen LogP contribution is 2.27. The van der Waals surface area contributed by atoms with Crippen molar-refractivity contribution in [2.45, 2.75) is 12.5 Å². The third-order valence-electron chi connectivity index (χ3n) is 2.68. The van der Waals surface area contributed by atoms with Crippen molar-refractivity contribution in [2.75, 3.05) is 19.7 Å². The smallest absolute Gasteiger partial charge is 0.258 e. The molecule has 1 aliphatic rings. The summed E-state index contributed by atoms with van der Waals surface area (Å²) in [6, 6.07) is 5.49. The van der Waals surface area contributed by atoms with Crippen LogP contribution in [0.3, 0.4) is 0 Å². The van der Waals surface area contributed by atoms with Crippen molar-refractivity contribution in [3.05, 3.63) is 27.7 Å². The van der Waals surface area contributed by atoms with Gasteiger partial charge in [-0.3, -0.25) is 4.79 Å². The monoisotopic (exact) mass is 332 g/mol. The van der Waals surface area contributed by atoms with E-state index in [0.717, 1.165) is 24.0 Å². The van der Waals surface area contributed by atoms with E-state index in [9.17, 15) is 4.79 Å². The summed E-state index contributed by atoms with van der Waals surface area (Å²) in [4.78, 5) is 11.6. The molecule has 18 heavy (non-hydrogen) atoms. The lowest BCUT2D eigenvalue weighted by Gasteiger charge is -2.12. The standard InChI is InChI=1S/C12H14BrClN2O2/c13-8-1-2-11(10(14)5-8)18-7-12(17)16-9-3-4-15-6-9/h1-2,5,9,15H,3-4,6-7H2,(H,16,17). The zero-order valence-corrected chi connectivity index (χ0v) is 12.1. The topological polar surface area (TPSA) is 50.4 Å². The summed E-state index contributed by atoms with van der Waals surface area (Å²) >= 11 is 9.30. The molecular formula is C12H14BrClN2O2. The Morgan fingerprint density at radius 2 is 2.44 bits per heavy atom. The van der Waals surface area contributed by atoms with E-state index in [1.165, 1.54) is 0 Å². The molecule has 0 saturated carbocycles. The Hall–Kier alpha value is -0.780. The van der Waals surface area contributed by atoms with Crippen LogP contribution >= 0.6 is 27.5 Å². The first kappa shape index (κ1) is 13.6. The highest BCUT2D eigenvalue weighted by molar-refractivity contribution is 9.10. The van der Waals surface area contributed by atoms with E-state index in [1.54, 1.807) is 12.1 Å². The van der Waals surface area contributed by atoms with Gasteiger partial charge in [-0.1, -0.05) is 27.5 Å². The number of benzene rings is 1. The van der Waals surface area contributed by atoms with Gasteiger partial charge in [-0.2, -0.15) is 0 Å². The fraction of sp³-hybridized carbons (Fsp3) is 0.417. The molecule has 0 spiro atoms. The number of carbonyl (C=O) groups is 1. The molecule has 1 heterocycles. The van der Waals surface area contributed by atoms with Crippen LogP contribution in [0.4, 0.5) is 0 Å². The summed E-state index contributed by atoms with van der Waals surface area (Å²) < 4.78 is 6.25. The van der Waals surface area contributed by atoms with Crippen molar-refractivity contribution in [1.82, 2.24) is 10.6 Å². The summed E-state index contributed by atoms with van der Waals surface area (Å²) in [5, 5.41) is 6.57. The second-order valence-electron chi connectivity index (χ2n) is 4.12. The molecule has 1 atom stereocenters. The zero-order valence-electron chi connectivity index (χ0n) is 9.71. The number of amides is 1. The molecule has 1 saturated heterocycles. The number of ether oxygens (including phenoxy) is 1. The van der Waals surface area contributed by atoms with Gasteiger partial charge in [-0.25, -0.2) is 0 Å². The Kier molecular flexibility index (Phi) is 4.86. The first-order chi connectivity index (χ1) is 8.65. The van der Waals surface area contributed by atoms with Gasteiger partial charge in [0.1, 0.15) is 5.75 Å². The first-order valence-corrected chi connectivity index (χ1v) is 6.90. The number of nitrogens with one attached hydrogen (secondary N) is 2. The Balaban J connectivity index is 1.81. The summed E-state index contributed by atoms with van der Waals surface area (Å²) in [6.45, 7) is 1.76. The Morgan fingerprint density at radius 3 is 3.11 bits per heavy atom. The second-order valence-corrected chi connectivity index (χ2v) is 5.44. The number of halogens is 2. The van der Waals surface area contributed by atoms with Crippen LogP contribution in [0.15, 0.2) is 22.7 Å². The average molecular weight is 334 g/mol. The highest BCUT2D eigenvalue weighted by atomic mass is 79.9. The fourth-order valence-corrected chi connectivity index (χ4v) is 2.51. The molecule has 6 heteroatoms. The van der Waals surface area contributed by atoms with Crippen molar-refractivity contribution in [3.8, 4) is 5.75 Å². The summed E-state index contributed by atoms with van der Waals surface area (Å²) in [5.74, 6) is 0.391. The lowest BCUT2D eigenvalue weighted by molar-refractivity contribution is -0.123. The van der Waals surface area contributed by atoms with Crippen LogP contribution in [0.1, 0.15) is 6.42 Å². The van der Waals surface area contributed by atoms with Gasteiger partial charge in [0.25, 0.3) is 5.91 Å². The van der Waals surface area contributed by atoms with Crippen molar-refractivity contribution >= 4 is 33.4 Å². The Bertz CT molecular complexity index is 436. The van der Waals surface area contributed by atoms with E-state index in [0.29, 0.717) is 10.8 Å². The summed E-state index contributed by atoms with van der Waals surface area (Å²) in [5.41, 5.74) is 0.